The van der Waals surface area contributed by atoms with E-state index < -0.39 is 0 Å². The topological polar surface area (TPSA) is 59.4 Å². The van der Waals surface area contributed by atoms with Gasteiger partial charge in [0.05, 0.1) is 16.2 Å². The van der Waals surface area contributed by atoms with E-state index in [1.54, 1.807) is 24.3 Å². The molecule has 0 unspecified atom stereocenters. The van der Waals surface area contributed by atoms with Gasteiger partial charge in [-0.25, -0.2) is 14.4 Å². The second kappa shape index (κ2) is 8.24. The zero-order chi connectivity index (χ0) is 20.2. The SMILES string of the molecule is C=Nc1ccc2ncnc(Nc3ccc(OCc4cccc(F)c4)c(Cl)c3)c2c1. The van der Waals surface area contributed by atoms with Crippen LogP contribution in [0.2, 0.25) is 5.02 Å². The van der Waals surface area contributed by atoms with Crippen molar-refractivity contribution in [2.24, 2.45) is 4.99 Å². The number of rotatable bonds is 6. The van der Waals surface area contributed by atoms with Crippen LogP contribution in [0.4, 0.5) is 21.6 Å². The fraction of sp³-hybridized carbons (Fsp3) is 0.0455. The van der Waals surface area contributed by atoms with Gasteiger partial charge in [-0.2, -0.15) is 0 Å². The molecule has 0 radical (unpaired) electrons. The molecule has 0 aliphatic heterocycles. The molecule has 0 atom stereocenters. The van der Waals surface area contributed by atoms with Gasteiger partial charge in [-0.15, -0.1) is 0 Å². The van der Waals surface area contributed by atoms with Crippen LogP contribution in [0.1, 0.15) is 5.56 Å². The maximum atomic E-state index is 13.3. The molecule has 144 valence electrons. The number of hydrogen-bond donors (Lipinski definition) is 1. The molecule has 1 aromatic heterocycles. The first kappa shape index (κ1) is 18.8. The number of benzene rings is 3. The van der Waals surface area contributed by atoms with Crippen molar-refractivity contribution in [1.29, 1.82) is 0 Å². The summed E-state index contributed by atoms with van der Waals surface area (Å²) in [6, 6.07) is 17.1. The number of fused-ring (bicyclic) bond motifs is 1. The Kier molecular flexibility index (Phi) is 5.35. The van der Waals surface area contributed by atoms with E-state index in [9.17, 15) is 4.39 Å². The van der Waals surface area contributed by atoms with E-state index in [0.717, 1.165) is 27.8 Å². The normalized spacial score (nSPS) is 10.7. The van der Waals surface area contributed by atoms with Gasteiger partial charge < -0.3 is 10.1 Å². The summed E-state index contributed by atoms with van der Waals surface area (Å²) >= 11 is 6.36. The van der Waals surface area contributed by atoms with Gasteiger partial charge in [0.1, 0.15) is 30.3 Å². The molecule has 4 rings (SSSR count). The summed E-state index contributed by atoms with van der Waals surface area (Å²) in [4.78, 5) is 12.5. The number of ether oxygens (including phenoxy) is 1. The summed E-state index contributed by atoms with van der Waals surface area (Å²) in [6.07, 6.45) is 1.49. The highest BCUT2D eigenvalue weighted by Crippen LogP contribution is 2.31. The first-order valence-electron chi connectivity index (χ1n) is 8.78. The number of aliphatic imine (C=N–C) groups is 1. The number of hydrogen-bond acceptors (Lipinski definition) is 5. The maximum absolute atomic E-state index is 13.3. The lowest BCUT2D eigenvalue weighted by atomic mass is 10.2. The van der Waals surface area contributed by atoms with Crippen molar-refractivity contribution in [2.45, 2.75) is 6.61 Å². The van der Waals surface area contributed by atoms with Gasteiger partial charge in [0.2, 0.25) is 0 Å². The molecule has 0 amide bonds. The van der Waals surface area contributed by atoms with Crippen molar-refractivity contribution >= 4 is 46.4 Å². The molecule has 0 bridgehead atoms. The number of nitrogens with one attached hydrogen (secondary N) is 1. The van der Waals surface area contributed by atoms with E-state index in [2.05, 4.69) is 27.0 Å². The van der Waals surface area contributed by atoms with Crippen LogP contribution in [0.5, 0.6) is 5.75 Å². The number of aromatic nitrogens is 2. The van der Waals surface area contributed by atoms with Gasteiger partial charge >= 0.3 is 0 Å². The zero-order valence-corrected chi connectivity index (χ0v) is 16.0. The highest BCUT2D eigenvalue weighted by molar-refractivity contribution is 6.32. The first-order valence-corrected chi connectivity index (χ1v) is 9.15. The lowest BCUT2D eigenvalue weighted by molar-refractivity contribution is 0.306. The van der Waals surface area contributed by atoms with E-state index in [0.29, 0.717) is 16.6 Å². The molecular weight excluding hydrogens is 391 g/mol. The Morgan fingerprint density at radius 2 is 1.97 bits per heavy atom. The third-order valence-corrected chi connectivity index (χ3v) is 4.57. The largest absolute Gasteiger partial charge is 0.487 e. The average molecular weight is 407 g/mol. The van der Waals surface area contributed by atoms with Crippen LogP contribution in [0.3, 0.4) is 0 Å². The van der Waals surface area contributed by atoms with Crippen LogP contribution in [-0.2, 0) is 6.61 Å². The van der Waals surface area contributed by atoms with Crippen molar-refractivity contribution in [3.63, 3.8) is 0 Å². The van der Waals surface area contributed by atoms with Crippen molar-refractivity contribution in [2.75, 3.05) is 5.32 Å². The molecule has 0 aliphatic rings. The van der Waals surface area contributed by atoms with Gasteiger partial charge in [-0.1, -0.05) is 23.7 Å². The number of nitrogens with zero attached hydrogens (tertiary/aromatic N) is 3. The number of halogens is 2. The molecule has 5 nitrogen and oxygen atoms in total. The Morgan fingerprint density at radius 3 is 2.76 bits per heavy atom. The predicted molar refractivity (Wildman–Crippen MR) is 114 cm³/mol. The third kappa shape index (κ3) is 4.33. The maximum Gasteiger partial charge on any atom is 0.141 e. The molecule has 0 saturated carbocycles. The minimum absolute atomic E-state index is 0.220. The second-order valence-electron chi connectivity index (χ2n) is 6.27. The quantitative estimate of drug-likeness (QED) is 0.394. The van der Waals surface area contributed by atoms with Gasteiger partial charge in [0, 0.05) is 11.1 Å². The Morgan fingerprint density at radius 1 is 1.07 bits per heavy atom. The van der Waals surface area contributed by atoms with Gasteiger partial charge in [-0.3, -0.25) is 4.99 Å². The van der Waals surface area contributed by atoms with E-state index in [-0.39, 0.29) is 12.4 Å². The highest BCUT2D eigenvalue weighted by atomic mass is 35.5. The Balaban J connectivity index is 1.54. The minimum atomic E-state index is -0.302. The average Bonchev–Trinajstić information content (AvgIpc) is 2.73. The van der Waals surface area contributed by atoms with E-state index in [1.807, 2.05) is 24.3 Å². The van der Waals surface area contributed by atoms with Crippen molar-refractivity contribution in [1.82, 2.24) is 9.97 Å². The molecule has 3 aromatic carbocycles. The van der Waals surface area contributed by atoms with Crippen LogP contribution in [-0.4, -0.2) is 16.7 Å². The lowest BCUT2D eigenvalue weighted by Gasteiger charge is -2.12. The van der Waals surface area contributed by atoms with Crippen LogP contribution in [0.15, 0.2) is 72.0 Å². The molecule has 0 aliphatic carbocycles. The first-order chi connectivity index (χ1) is 14.1. The van der Waals surface area contributed by atoms with Crippen LogP contribution in [0, 0.1) is 5.82 Å². The Labute approximate surface area is 171 Å². The molecule has 1 heterocycles. The van der Waals surface area contributed by atoms with Gasteiger partial charge in [0.15, 0.2) is 0 Å². The number of anilines is 2. The molecule has 4 aromatic rings. The summed E-state index contributed by atoms with van der Waals surface area (Å²) in [5, 5.41) is 4.49. The fourth-order valence-corrected chi connectivity index (χ4v) is 3.10. The second-order valence-corrected chi connectivity index (χ2v) is 6.68. The standard InChI is InChI=1S/C22H16ClFN4O/c1-25-16-5-7-20-18(10-16)22(27-13-26-20)28-17-6-8-21(19(23)11-17)29-12-14-3-2-4-15(24)9-14/h2-11,13H,1,12H2,(H,26,27,28). The summed E-state index contributed by atoms with van der Waals surface area (Å²) in [5.41, 5.74) is 2.98. The van der Waals surface area contributed by atoms with E-state index in [4.69, 9.17) is 16.3 Å². The van der Waals surface area contributed by atoms with Gasteiger partial charge in [-0.05, 0) is 60.8 Å². The summed E-state index contributed by atoms with van der Waals surface area (Å²) in [5.74, 6) is 0.834. The lowest BCUT2D eigenvalue weighted by Crippen LogP contribution is -1.98. The zero-order valence-electron chi connectivity index (χ0n) is 15.3. The molecule has 29 heavy (non-hydrogen) atoms. The molecule has 0 fully saturated rings. The van der Waals surface area contributed by atoms with E-state index >= 15 is 0 Å². The van der Waals surface area contributed by atoms with Crippen molar-refractivity contribution in [3.05, 3.63) is 83.4 Å². The molecule has 1 N–H and O–H groups in total. The Hall–Kier alpha value is -3.51. The molecule has 7 heteroatoms. The molecule has 0 saturated heterocycles. The monoisotopic (exact) mass is 406 g/mol. The third-order valence-electron chi connectivity index (χ3n) is 4.28. The van der Waals surface area contributed by atoms with Gasteiger partial charge in [0.25, 0.3) is 0 Å². The summed E-state index contributed by atoms with van der Waals surface area (Å²) < 4.78 is 19.0. The molecule has 0 spiro atoms. The van der Waals surface area contributed by atoms with Crippen LogP contribution >= 0.6 is 11.6 Å². The van der Waals surface area contributed by atoms with Crippen molar-refractivity contribution < 1.29 is 9.13 Å². The predicted octanol–water partition coefficient (Wildman–Crippen LogP) is 6.08. The Bertz CT molecular complexity index is 1200. The fourth-order valence-electron chi connectivity index (χ4n) is 2.86. The summed E-state index contributed by atoms with van der Waals surface area (Å²) in [6.45, 7) is 3.77. The highest BCUT2D eigenvalue weighted by Gasteiger charge is 2.08. The van der Waals surface area contributed by atoms with E-state index in [1.165, 1.54) is 18.5 Å². The van der Waals surface area contributed by atoms with Crippen LogP contribution < -0.4 is 10.1 Å². The van der Waals surface area contributed by atoms with Crippen molar-refractivity contribution in [3.8, 4) is 5.75 Å². The van der Waals surface area contributed by atoms with Crippen LogP contribution in [0.25, 0.3) is 10.9 Å². The molecular formula is C22H16ClFN4O. The minimum Gasteiger partial charge on any atom is -0.487 e. The summed E-state index contributed by atoms with van der Waals surface area (Å²) in [7, 11) is 0. The smallest absolute Gasteiger partial charge is 0.141 e.